The van der Waals surface area contributed by atoms with E-state index in [0.29, 0.717) is 18.0 Å². The molecule has 1 aliphatic carbocycles. The smallest absolute Gasteiger partial charge is 0.315 e. The van der Waals surface area contributed by atoms with Gasteiger partial charge in [-0.3, -0.25) is 4.79 Å². The molecule has 1 saturated carbocycles. The van der Waals surface area contributed by atoms with Crippen LogP contribution in [0, 0.1) is 5.92 Å². The second kappa shape index (κ2) is 8.90. The molecule has 0 spiro atoms. The zero-order valence-electron chi connectivity index (χ0n) is 18.7. The molecule has 3 amide bonds. The number of benzene rings is 1. The molecule has 32 heavy (non-hydrogen) atoms. The predicted octanol–water partition coefficient (Wildman–Crippen LogP) is 3.52. The summed E-state index contributed by atoms with van der Waals surface area (Å²) in [6.07, 6.45) is 5.85. The average molecular weight is 435 g/mol. The Morgan fingerprint density at radius 1 is 1.19 bits per heavy atom. The van der Waals surface area contributed by atoms with E-state index in [1.165, 1.54) is 19.0 Å². The Morgan fingerprint density at radius 2 is 1.97 bits per heavy atom. The first-order chi connectivity index (χ1) is 15.3. The van der Waals surface area contributed by atoms with Gasteiger partial charge in [-0.25, -0.2) is 9.31 Å². The number of anilines is 1. The molecule has 0 radical (unpaired) electrons. The number of aromatic nitrogens is 2. The van der Waals surface area contributed by atoms with Gasteiger partial charge in [0, 0.05) is 30.4 Å². The molecule has 8 heteroatoms. The molecule has 168 valence electrons. The summed E-state index contributed by atoms with van der Waals surface area (Å²) in [5.74, 6) is 0.122. The summed E-state index contributed by atoms with van der Waals surface area (Å²) in [5.41, 5.74) is 10.5. The van der Waals surface area contributed by atoms with Crippen molar-refractivity contribution in [3.05, 3.63) is 53.9 Å². The van der Waals surface area contributed by atoms with Gasteiger partial charge in [0.05, 0.1) is 23.0 Å². The van der Waals surface area contributed by atoms with Crippen molar-refractivity contribution in [3.8, 4) is 11.1 Å². The maximum absolute atomic E-state index is 12.0. The molecule has 1 unspecified atom stereocenters. The normalized spacial score (nSPS) is 14.4. The van der Waals surface area contributed by atoms with Gasteiger partial charge in [0.15, 0.2) is 0 Å². The van der Waals surface area contributed by atoms with Gasteiger partial charge in [-0.05, 0) is 62.8 Å². The number of carbonyl (C=O) groups is 2. The number of amides is 3. The molecule has 0 aliphatic heterocycles. The van der Waals surface area contributed by atoms with Crippen LogP contribution in [0.5, 0.6) is 0 Å². The van der Waals surface area contributed by atoms with Crippen molar-refractivity contribution in [3.63, 3.8) is 0 Å². The summed E-state index contributed by atoms with van der Waals surface area (Å²) < 4.78 is 1.77. The van der Waals surface area contributed by atoms with Crippen LogP contribution < -0.4 is 21.7 Å². The van der Waals surface area contributed by atoms with Crippen molar-refractivity contribution in [2.24, 2.45) is 11.7 Å². The molecule has 1 aromatic carbocycles. The second-order valence-corrected chi connectivity index (χ2v) is 8.81. The highest BCUT2D eigenvalue weighted by atomic mass is 16.2. The van der Waals surface area contributed by atoms with E-state index in [9.17, 15) is 9.59 Å². The molecule has 8 nitrogen and oxygen atoms in total. The van der Waals surface area contributed by atoms with Crippen LogP contribution in [0.3, 0.4) is 0 Å². The average Bonchev–Trinajstić information content (AvgIpc) is 3.50. The number of carbonyl (C=O) groups excluding carboxylic acids is 2. The van der Waals surface area contributed by atoms with Crippen molar-refractivity contribution in [2.45, 2.75) is 52.2 Å². The largest absolute Gasteiger partial charge is 0.380 e. The van der Waals surface area contributed by atoms with Crippen molar-refractivity contribution in [2.75, 3.05) is 5.32 Å². The lowest BCUT2D eigenvalue weighted by Gasteiger charge is -2.17. The number of nitrogens with zero attached hydrogens (tertiary/aromatic N) is 2. The highest BCUT2D eigenvalue weighted by Gasteiger charge is 2.29. The summed E-state index contributed by atoms with van der Waals surface area (Å²) in [6.45, 7) is 6.40. The van der Waals surface area contributed by atoms with Gasteiger partial charge < -0.3 is 21.7 Å². The highest BCUT2D eigenvalue weighted by molar-refractivity contribution is 6.02. The van der Waals surface area contributed by atoms with Crippen molar-refractivity contribution >= 4 is 23.1 Å². The van der Waals surface area contributed by atoms with Gasteiger partial charge in [-0.2, -0.15) is 5.10 Å². The SMILES string of the molecule is CC(C)NC(=O)NCc1cccc(-c2cc3c(NC(C)C4CC4)c(C(N)=O)cnn3c2)c1. The number of primary amides is 1. The van der Waals surface area contributed by atoms with Crippen LogP contribution in [0.1, 0.15) is 49.5 Å². The topological polar surface area (TPSA) is 114 Å². The van der Waals surface area contributed by atoms with Crippen LogP contribution in [0.4, 0.5) is 10.5 Å². The third-order valence-electron chi connectivity index (χ3n) is 5.74. The third kappa shape index (κ3) is 4.85. The number of fused-ring (bicyclic) bond motifs is 1. The lowest BCUT2D eigenvalue weighted by Crippen LogP contribution is -2.39. The van der Waals surface area contributed by atoms with Crippen molar-refractivity contribution in [1.29, 1.82) is 0 Å². The van der Waals surface area contributed by atoms with E-state index in [-0.39, 0.29) is 18.1 Å². The summed E-state index contributed by atoms with van der Waals surface area (Å²) in [7, 11) is 0. The fourth-order valence-corrected chi connectivity index (χ4v) is 3.85. The predicted molar refractivity (Wildman–Crippen MR) is 125 cm³/mol. The molecular weight excluding hydrogens is 404 g/mol. The molecule has 2 aromatic heterocycles. The number of hydrogen-bond acceptors (Lipinski definition) is 4. The first-order valence-electron chi connectivity index (χ1n) is 11.0. The maximum atomic E-state index is 12.0. The zero-order chi connectivity index (χ0) is 22.8. The van der Waals surface area contributed by atoms with Crippen LogP contribution in [0.15, 0.2) is 42.7 Å². The summed E-state index contributed by atoms with van der Waals surface area (Å²) >= 11 is 0. The van der Waals surface area contributed by atoms with Gasteiger partial charge in [-0.1, -0.05) is 18.2 Å². The minimum atomic E-state index is -0.499. The summed E-state index contributed by atoms with van der Waals surface area (Å²) in [5, 5.41) is 13.6. The molecule has 4 rings (SSSR count). The molecule has 5 N–H and O–H groups in total. The van der Waals surface area contributed by atoms with Crippen LogP contribution in [0.25, 0.3) is 16.6 Å². The fraction of sp³-hybridized carbons (Fsp3) is 0.375. The number of rotatable bonds is 8. The van der Waals surface area contributed by atoms with Gasteiger partial charge in [0.25, 0.3) is 5.91 Å². The Hall–Kier alpha value is -3.55. The van der Waals surface area contributed by atoms with E-state index in [2.05, 4.69) is 28.0 Å². The van der Waals surface area contributed by atoms with E-state index < -0.39 is 5.91 Å². The Kier molecular flexibility index (Phi) is 6.03. The number of nitrogens with two attached hydrogens (primary N) is 1. The van der Waals surface area contributed by atoms with E-state index in [4.69, 9.17) is 5.73 Å². The lowest BCUT2D eigenvalue weighted by molar-refractivity contribution is 0.100. The first-order valence-corrected chi connectivity index (χ1v) is 11.0. The quantitative estimate of drug-likeness (QED) is 0.434. The van der Waals surface area contributed by atoms with E-state index in [1.54, 1.807) is 4.52 Å². The molecule has 0 bridgehead atoms. The van der Waals surface area contributed by atoms with Crippen molar-refractivity contribution in [1.82, 2.24) is 20.2 Å². The van der Waals surface area contributed by atoms with Crippen molar-refractivity contribution < 1.29 is 9.59 Å². The van der Waals surface area contributed by atoms with Gasteiger partial charge in [0.2, 0.25) is 0 Å². The van der Waals surface area contributed by atoms with Gasteiger partial charge >= 0.3 is 6.03 Å². The van der Waals surface area contributed by atoms with Crippen LogP contribution in [-0.4, -0.2) is 33.6 Å². The Bertz CT molecular complexity index is 1150. The maximum Gasteiger partial charge on any atom is 0.315 e. The Labute approximate surface area is 187 Å². The molecular formula is C24H30N6O2. The molecule has 3 aromatic rings. The Balaban J connectivity index is 1.62. The van der Waals surface area contributed by atoms with Gasteiger partial charge in [-0.15, -0.1) is 0 Å². The third-order valence-corrected chi connectivity index (χ3v) is 5.74. The second-order valence-electron chi connectivity index (χ2n) is 8.81. The fourth-order valence-electron chi connectivity index (χ4n) is 3.85. The van der Waals surface area contributed by atoms with Crippen LogP contribution in [-0.2, 0) is 6.54 Å². The highest BCUT2D eigenvalue weighted by Crippen LogP contribution is 2.36. The minimum Gasteiger partial charge on any atom is -0.380 e. The molecule has 2 heterocycles. The van der Waals surface area contributed by atoms with Crippen LogP contribution in [0.2, 0.25) is 0 Å². The number of nitrogens with one attached hydrogen (secondary N) is 3. The summed E-state index contributed by atoms with van der Waals surface area (Å²) in [4.78, 5) is 23.9. The molecule has 0 saturated heterocycles. The van der Waals surface area contributed by atoms with E-state index in [1.807, 2.05) is 50.4 Å². The zero-order valence-corrected chi connectivity index (χ0v) is 18.7. The van der Waals surface area contributed by atoms with Crippen LogP contribution >= 0.6 is 0 Å². The van der Waals surface area contributed by atoms with Gasteiger partial charge in [0.1, 0.15) is 0 Å². The van der Waals surface area contributed by atoms with E-state index in [0.717, 1.165) is 27.9 Å². The Morgan fingerprint density at radius 3 is 2.66 bits per heavy atom. The minimum absolute atomic E-state index is 0.0818. The summed E-state index contributed by atoms with van der Waals surface area (Å²) in [6, 6.07) is 10.2. The standard InChI is InChI=1S/C24H30N6O2/c1-14(2)28-24(32)26-11-16-5-4-6-18(9-16)19-10-21-22(29-15(3)17-7-8-17)20(23(25)31)12-27-30(21)13-19/h4-6,9-10,12-15,17,29H,7-8,11H2,1-3H3,(H2,25,31)(H2,26,28,32). The molecule has 1 atom stereocenters. The lowest BCUT2D eigenvalue weighted by atomic mass is 10.1. The monoisotopic (exact) mass is 434 g/mol. The van der Waals surface area contributed by atoms with E-state index >= 15 is 0 Å². The molecule has 1 fully saturated rings. The first kappa shape index (κ1) is 21.7. The number of urea groups is 1. The number of hydrogen-bond donors (Lipinski definition) is 4. The molecule has 1 aliphatic rings.